The molecule has 0 spiro atoms. The summed E-state index contributed by atoms with van der Waals surface area (Å²) >= 11 is 1.21. The van der Waals surface area contributed by atoms with Crippen LogP contribution in [0, 0.1) is 15.9 Å². The Bertz CT molecular complexity index is 1120. The molecule has 0 fully saturated rings. The molecule has 3 aromatic rings. The number of halogens is 1. The number of nitrogens with zero attached hydrogens (tertiary/aromatic N) is 3. The number of methoxy groups -OCH3 is 1. The summed E-state index contributed by atoms with van der Waals surface area (Å²) in [6.45, 7) is 0.892. The number of benzene rings is 2. The highest BCUT2D eigenvalue weighted by molar-refractivity contribution is 7.16. The maximum Gasteiger partial charge on any atom is 0.272 e. The van der Waals surface area contributed by atoms with Crippen molar-refractivity contribution >= 4 is 39.2 Å². The SMILES string of the molecule is COCCn1c(=NC(=O)/C=C\c2ccc([N+](=O)[O-])cc2)sc2cc(F)ccc21. The number of rotatable bonds is 6. The van der Waals surface area contributed by atoms with Gasteiger partial charge in [0.2, 0.25) is 0 Å². The zero-order valence-electron chi connectivity index (χ0n) is 14.9. The minimum Gasteiger partial charge on any atom is -0.383 e. The Morgan fingerprint density at radius 1 is 1.32 bits per heavy atom. The highest BCUT2D eigenvalue weighted by atomic mass is 32.1. The number of thiazole rings is 1. The van der Waals surface area contributed by atoms with Crippen LogP contribution in [-0.2, 0) is 16.1 Å². The van der Waals surface area contributed by atoms with E-state index in [4.69, 9.17) is 4.74 Å². The molecule has 28 heavy (non-hydrogen) atoms. The Balaban J connectivity index is 1.89. The lowest BCUT2D eigenvalue weighted by Crippen LogP contribution is -2.18. The van der Waals surface area contributed by atoms with Gasteiger partial charge in [-0.15, -0.1) is 0 Å². The van der Waals surface area contributed by atoms with Crippen molar-refractivity contribution in [3.05, 3.63) is 74.8 Å². The molecule has 0 radical (unpaired) electrons. The van der Waals surface area contributed by atoms with E-state index in [-0.39, 0.29) is 11.5 Å². The third-order valence-electron chi connectivity index (χ3n) is 3.89. The van der Waals surface area contributed by atoms with Gasteiger partial charge in [0.25, 0.3) is 11.6 Å². The maximum absolute atomic E-state index is 13.5. The van der Waals surface area contributed by atoms with Gasteiger partial charge in [-0.1, -0.05) is 11.3 Å². The Hall–Kier alpha value is -3.17. The van der Waals surface area contributed by atoms with Gasteiger partial charge < -0.3 is 9.30 Å². The average molecular weight is 401 g/mol. The van der Waals surface area contributed by atoms with Crippen LogP contribution in [0.5, 0.6) is 0 Å². The number of carbonyl (C=O) groups is 1. The molecule has 0 unspecified atom stereocenters. The summed E-state index contributed by atoms with van der Waals surface area (Å²) < 4.78 is 21.1. The number of amides is 1. The van der Waals surface area contributed by atoms with Crippen molar-refractivity contribution in [1.82, 2.24) is 4.57 Å². The molecular formula is C19H16FN3O4S. The molecular weight excluding hydrogens is 385 g/mol. The van der Waals surface area contributed by atoms with E-state index in [0.717, 1.165) is 5.52 Å². The van der Waals surface area contributed by atoms with E-state index in [2.05, 4.69) is 4.99 Å². The highest BCUT2D eigenvalue weighted by Gasteiger charge is 2.08. The summed E-state index contributed by atoms with van der Waals surface area (Å²) in [4.78, 5) is 27.0. The molecule has 9 heteroatoms. The first-order valence-electron chi connectivity index (χ1n) is 8.27. The van der Waals surface area contributed by atoms with E-state index in [0.29, 0.717) is 28.2 Å². The number of fused-ring (bicyclic) bond motifs is 1. The molecule has 7 nitrogen and oxygen atoms in total. The number of aromatic nitrogens is 1. The Kier molecular flexibility index (Phi) is 6.07. The molecule has 144 valence electrons. The van der Waals surface area contributed by atoms with Gasteiger partial charge in [-0.3, -0.25) is 14.9 Å². The number of hydrogen-bond acceptors (Lipinski definition) is 5. The van der Waals surface area contributed by atoms with Crippen molar-refractivity contribution < 1.29 is 18.8 Å². The number of non-ortho nitro benzene ring substituents is 1. The van der Waals surface area contributed by atoms with Crippen LogP contribution in [-0.4, -0.2) is 29.1 Å². The second-order valence-electron chi connectivity index (χ2n) is 5.77. The Labute approximate surface area is 163 Å². The molecule has 0 aliphatic heterocycles. The van der Waals surface area contributed by atoms with Crippen LogP contribution in [0.1, 0.15) is 5.56 Å². The van der Waals surface area contributed by atoms with Crippen molar-refractivity contribution in [3.63, 3.8) is 0 Å². The second kappa shape index (κ2) is 8.68. The van der Waals surface area contributed by atoms with E-state index in [1.807, 2.05) is 0 Å². The molecule has 1 aromatic heterocycles. The molecule has 3 rings (SSSR count). The quantitative estimate of drug-likeness (QED) is 0.359. The Morgan fingerprint density at radius 3 is 2.75 bits per heavy atom. The molecule has 0 bridgehead atoms. The molecule has 1 amide bonds. The summed E-state index contributed by atoms with van der Waals surface area (Å²) in [7, 11) is 1.57. The fraction of sp³-hybridized carbons (Fsp3) is 0.158. The molecule has 0 atom stereocenters. The Morgan fingerprint density at radius 2 is 2.07 bits per heavy atom. The fourth-order valence-electron chi connectivity index (χ4n) is 2.54. The third kappa shape index (κ3) is 4.56. The molecule has 0 aliphatic rings. The van der Waals surface area contributed by atoms with Gasteiger partial charge >= 0.3 is 0 Å². The smallest absolute Gasteiger partial charge is 0.272 e. The molecule has 0 saturated heterocycles. The van der Waals surface area contributed by atoms with Crippen LogP contribution in [0.3, 0.4) is 0 Å². The lowest BCUT2D eigenvalue weighted by Gasteiger charge is -2.03. The third-order valence-corrected chi connectivity index (χ3v) is 4.93. The average Bonchev–Trinajstić information content (AvgIpc) is 3.00. The minimum atomic E-state index is -0.489. The number of nitro benzene ring substituents is 1. The van der Waals surface area contributed by atoms with Crippen LogP contribution in [0.25, 0.3) is 16.3 Å². The predicted octanol–water partition coefficient (Wildman–Crippen LogP) is 3.54. The van der Waals surface area contributed by atoms with Gasteiger partial charge in [-0.2, -0.15) is 4.99 Å². The van der Waals surface area contributed by atoms with Crippen molar-refractivity contribution in [2.45, 2.75) is 6.54 Å². The number of carbonyl (C=O) groups excluding carboxylic acids is 1. The van der Waals surface area contributed by atoms with Crippen LogP contribution >= 0.6 is 11.3 Å². The van der Waals surface area contributed by atoms with Gasteiger partial charge in [0.05, 0.1) is 21.7 Å². The molecule has 0 N–H and O–H groups in total. The van der Waals surface area contributed by atoms with Gasteiger partial charge in [-0.05, 0) is 42.0 Å². The lowest BCUT2D eigenvalue weighted by atomic mass is 10.2. The van der Waals surface area contributed by atoms with Crippen molar-refractivity contribution in [1.29, 1.82) is 0 Å². The number of nitro groups is 1. The number of hydrogen-bond donors (Lipinski definition) is 0. The predicted molar refractivity (Wildman–Crippen MR) is 104 cm³/mol. The van der Waals surface area contributed by atoms with Gasteiger partial charge in [0.15, 0.2) is 4.80 Å². The van der Waals surface area contributed by atoms with Crippen LogP contribution in [0.2, 0.25) is 0 Å². The van der Waals surface area contributed by atoms with Crippen LogP contribution < -0.4 is 4.80 Å². The van der Waals surface area contributed by atoms with Gasteiger partial charge in [0, 0.05) is 31.9 Å². The lowest BCUT2D eigenvalue weighted by molar-refractivity contribution is -0.384. The van der Waals surface area contributed by atoms with Crippen molar-refractivity contribution in [2.24, 2.45) is 4.99 Å². The van der Waals surface area contributed by atoms with Gasteiger partial charge in [-0.25, -0.2) is 4.39 Å². The minimum absolute atomic E-state index is 0.0233. The zero-order chi connectivity index (χ0) is 20.1. The number of ether oxygens (including phenoxy) is 1. The van der Waals surface area contributed by atoms with Crippen molar-refractivity contribution in [3.8, 4) is 0 Å². The van der Waals surface area contributed by atoms with E-state index in [1.54, 1.807) is 29.9 Å². The monoisotopic (exact) mass is 401 g/mol. The van der Waals surface area contributed by atoms with Crippen LogP contribution in [0.4, 0.5) is 10.1 Å². The molecule has 0 saturated carbocycles. The first kappa shape index (κ1) is 19.6. The van der Waals surface area contributed by atoms with E-state index < -0.39 is 10.8 Å². The summed E-state index contributed by atoms with van der Waals surface area (Å²) in [6.07, 6.45) is 2.81. The molecule has 2 aromatic carbocycles. The van der Waals surface area contributed by atoms with E-state index >= 15 is 0 Å². The standard InChI is InChI=1S/C19H16FN3O4S/c1-27-11-10-22-16-8-5-14(20)12-17(16)28-19(22)21-18(24)9-4-13-2-6-15(7-3-13)23(25)26/h2-9,12H,10-11H2,1H3/b9-4-,21-19?. The summed E-state index contributed by atoms with van der Waals surface area (Å²) in [5, 5.41) is 10.7. The molecule has 0 aliphatic carbocycles. The van der Waals surface area contributed by atoms with E-state index in [9.17, 15) is 19.3 Å². The first-order valence-corrected chi connectivity index (χ1v) is 9.08. The largest absolute Gasteiger partial charge is 0.383 e. The normalized spacial score (nSPS) is 12.1. The van der Waals surface area contributed by atoms with Crippen molar-refractivity contribution in [2.75, 3.05) is 13.7 Å². The second-order valence-corrected chi connectivity index (χ2v) is 6.78. The summed E-state index contributed by atoms with van der Waals surface area (Å²) in [6, 6.07) is 10.2. The molecule has 1 heterocycles. The summed E-state index contributed by atoms with van der Waals surface area (Å²) in [5.41, 5.74) is 1.39. The van der Waals surface area contributed by atoms with Gasteiger partial charge in [0.1, 0.15) is 5.82 Å². The fourth-order valence-corrected chi connectivity index (χ4v) is 3.62. The van der Waals surface area contributed by atoms with Crippen LogP contribution in [0.15, 0.2) is 53.5 Å². The topological polar surface area (TPSA) is 86.7 Å². The maximum atomic E-state index is 13.5. The zero-order valence-corrected chi connectivity index (χ0v) is 15.7. The highest BCUT2D eigenvalue weighted by Crippen LogP contribution is 2.18. The first-order chi connectivity index (χ1) is 13.5. The van der Waals surface area contributed by atoms with E-state index in [1.165, 1.54) is 47.8 Å². The summed E-state index contributed by atoms with van der Waals surface area (Å²) in [5.74, 6) is -0.847.